The van der Waals surface area contributed by atoms with Gasteiger partial charge in [0.1, 0.15) is 6.04 Å². The zero-order chi connectivity index (χ0) is 16.1. The Morgan fingerprint density at radius 3 is 2.70 bits per heavy atom. The smallest absolute Gasteiger partial charge is 0.245 e. The summed E-state index contributed by atoms with van der Waals surface area (Å²) in [5, 5.41) is 4.81. The zero-order valence-electron chi connectivity index (χ0n) is 12.9. The number of carbonyl (C=O) groups excluding carboxylic acids is 2. The molecule has 2 aromatic rings. The molecule has 4 nitrogen and oxygen atoms in total. The number of hydrogen-bond donors (Lipinski definition) is 1. The van der Waals surface area contributed by atoms with Gasteiger partial charge >= 0.3 is 0 Å². The molecule has 1 aromatic carbocycles. The van der Waals surface area contributed by atoms with Crippen LogP contribution >= 0.6 is 11.3 Å². The fourth-order valence-corrected chi connectivity index (χ4v) is 3.51. The maximum atomic E-state index is 12.8. The zero-order valence-corrected chi connectivity index (χ0v) is 13.7. The van der Waals surface area contributed by atoms with Crippen LogP contribution in [0.2, 0.25) is 0 Å². The predicted molar refractivity (Wildman–Crippen MR) is 91.0 cm³/mol. The molecule has 23 heavy (non-hydrogen) atoms. The lowest BCUT2D eigenvalue weighted by atomic mass is 10.1. The van der Waals surface area contributed by atoms with Gasteiger partial charge in [0.25, 0.3) is 0 Å². The molecule has 2 heterocycles. The molecule has 1 saturated heterocycles. The topological polar surface area (TPSA) is 49.4 Å². The van der Waals surface area contributed by atoms with Crippen molar-refractivity contribution < 1.29 is 9.59 Å². The van der Waals surface area contributed by atoms with Gasteiger partial charge in [-0.25, -0.2) is 0 Å². The van der Waals surface area contributed by atoms with Crippen LogP contribution in [-0.4, -0.2) is 29.3 Å². The summed E-state index contributed by atoms with van der Waals surface area (Å²) in [7, 11) is 0. The number of rotatable bonds is 6. The molecule has 0 spiro atoms. The van der Waals surface area contributed by atoms with Crippen LogP contribution in [-0.2, 0) is 22.6 Å². The predicted octanol–water partition coefficient (Wildman–Crippen LogP) is 2.60. The van der Waals surface area contributed by atoms with Crippen molar-refractivity contribution in [1.29, 1.82) is 0 Å². The van der Waals surface area contributed by atoms with Crippen LogP contribution in [0.4, 0.5) is 0 Å². The van der Waals surface area contributed by atoms with Gasteiger partial charge in [-0.05, 0) is 29.9 Å². The molecule has 120 valence electrons. The first-order chi connectivity index (χ1) is 11.2. The van der Waals surface area contributed by atoms with Crippen molar-refractivity contribution in [3.63, 3.8) is 0 Å². The van der Waals surface area contributed by atoms with Crippen molar-refractivity contribution >= 4 is 23.2 Å². The molecule has 0 aliphatic carbocycles. The van der Waals surface area contributed by atoms with Gasteiger partial charge in [-0.1, -0.05) is 36.4 Å². The van der Waals surface area contributed by atoms with E-state index in [1.807, 2.05) is 40.6 Å². The average Bonchev–Trinajstić information content (AvgIpc) is 3.23. The number of hydrogen-bond acceptors (Lipinski definition) is 3. The Balaban J connectivity index is 1.68. The van der Waals surface area contributed by atoms with E-state index in [0.29, 0.717) is 25.9 Å². The molecule has 0 radical (unpaired) electrons. The quantitative estimate of drug-likeness (QED) is 0.886. The SMILES string of the molecule is O=C1CC[C@H](C(=O)N(CCc2ccccc2)Cc2cccs2)N1. The van der Waals surface area contributed by atoms with Gasteiger partial charge in [0, 0.05) is 17.8 Å². The normalized spacial score (nSPS) is 17.0. The highest BCUT2D eigenvalue weighted by molar-refractivity contribution is 7.09. The Morgan fingerprint density at radius 2 is 2.04 bits per heavy atom. The molecule has 1 aromatic heterocycles. The summed E-state index contributed by atoms with van der Waals surface area (Å²) in [5.41, 5.74) is 1.21. The highest BCUT2D eigenvalue weighted by atomic mass is 32.1. The van der Waals surface area contributed by atoms with E-state index < -0.39 is 0 Å². The fourth-order valence-electron chi connectivity index (χ4n) is 2.79. The van der Waals surface area contributed by atoms with Crippen LogP contribution in [0, 0.1) is 0 Å². The van der Waals surface area contributed by atoms with Gasteiger partial charge in [-0.2, -0.15) is 0 Å². The maximum Gasteiger partial charge on any atom is 0.245 e. The Kier molecular flexibility index (Phi) is 5.08. The van der Waals surface area contributed by atoms with E-state index in [-0.39, 0.29) is 17.9 Å². The van der Waals surface area contributed by atoms with E-state index >= 15 is 0 Å². The second-order valence-electron chi connectivity index (χ2n) is 5.73. The second-order valence-corrected chi connectivity index (χ2v) is 6.77. The van der Waals surface area contributed by atoms with Crippen molar-refractivity contribution in [2.24, 2.45) is 0 Å². The molecule has 0 unspecified atom stereocenters. The number of amides is 2. The molecular weight excluding hydrogens is 308 g/mol. The molecule has 2 amide bonds. The summed E-state index contributed by atoms with van der Waals surface area (Å²) in [6.07, 6.45) is 1.87. The Labute approximate surface area is 140 Å². The number of nitrogens with zero attached hydrogens (tertiary/aromatic N) is 1. The van der Waals surface area contributed by atoms with Gasteiger partial charge in [0.2, 0.25) is 11.8 Å². The summed E-state index contributed by atoms with van der Waals surface area (Å²) in [6, 6.07) is 13.8. The third kappa shape index (κ3) is 4.20. The van der Waals surface area contributed by atoms with Crippen molar-refractivity contribution in [1.82, 2.24) is 10.2 Å². The summed E-state index contributed by atoms with van der Waals surface area (Å²) >= 11 is 1.65. The molecule has 0 saturated carbocycles. The van der Waals surface area contributed by atoms with Gasteiger partial charge in [0.05, 0.1) is 6.54 Å². The van der Waals surface area contributed by atoms with Crippen LogP contribution in [0.3, 0.4) is 0 Å². The average molecular weight is 328 g/mol. The third-order valence-electron chi connectivity index (χ3n) is 4.05. The molecule has 1 aliphatic rings. The van der Waals surface area contributed by atoms with Gasteiger partial charge in [0.15, 0.2) is 0 Å². The minimum atomic E-state index is -0.363. The van der Waals surface area contributed by atoms with Gasteiger partial charge in [-0.15, -0.1) is 11.3 Å². The number of thiophene rings is 1. The van der Waals surface area contributed by atoms with Crippen molar-refractivity contribution in [3.8, 4) is 0 Å². The lowest BCUT2D eigenvalue weighted by Crippen LogP contribution is -2.44. The number of carbonyl (C=O) groups is 2. The van der Waals surface area contributed by atoms with Crippen molar-refractivity contribution in [2.45, 2.75) is 31.8 Å². The van der Waals surface area contributed by atoms with E-state index in [4.69, 9.17) is 0 Å². The van der Waals surface area contributed by atoms with Gasteiger partial charge < -0.3 is 10.2 Å². The fraction of sp³-hybridized carbons (Fsp3) is 0.333. The van der Waals surface area contributed by atoms with Crippen molar-refractivity contribution in [3.05, 3.63) is 58.3 Å². The maximum absolute atomic E-state index is 12.8. The molecule has 1 atom stereocenters. The monoisotopic (exact) mass is 328 g/mol. The van der Waals surface area contributed by atoms with E-state index in [0.717, 1.165) is 11.3 Å². The first-order valence-electron chi connectivity index (χ1n) is 7.87. The molecule has 0 bridgehead atoms. The van der Waals surface area contributed by atoms with E-state index in [1.54, 1.807) is 11.3 Å². The minimum Gasteiger partial charge on any atom is -0.344 e. The molecule has 5 heteroatoms. The molecular formula is C18H20N2O2S. The molecule has 1 fully saturated rings. The van der Waals surface area contributed by atoms with Crippen LogP contribution in [0.1, 0.15) is 23.3 Å². The van der Waals surface area contributed by atoms with E-state index in [2.05, 4.69) is 17.4 Å². The van der Waals surface area contributed by atoms with Gasteiger partial charge in [-0.3, -0.25) is 9.59 Å². The minimum absolute atomic E-state index is 0.0255. The van der Waals surface area contributed by atoms with E-state index in [1.165, 1.54) is 5.56 Å². The Morgan fingerprint density at radius 1 is 1.22 bits per heavy atom. The van der Waals surface area contributed by atoms with Crippen LogP contribution in [0.15, 0.2) is 47.8 Å². The Bertz CT molecular complexity index is 655. The molecule has 1 N–H and O–H groups in total. The van der Waals surface area contributed by atoms with Crippen LogP contribution in [0.25, 0.3) is 0 Å². The van der Waals surface area contributed by atoms with Crippen LogP contribution in [0.5, 0.6) is 0 Å². The van der Waals surface area contributed by atoms with E-state index in [9.17, 15) is 9.59 Å². The summed E-state index contributed by atoms with van der Waals surface area (Å²) in [4.78, 5) is 27.2. The summed E-state index contributed by atoms with van der Waals surface area (Å²) in [6.45, 7) is 1.27. The highest BCUT2D eigenvalue weighted by Gasteiger charge is 2.30. The first kappa shape index (κ1) is 15.7. The largest absolute Gasteiger partial charge is 0.344 e. The molecule has 3 rings (SSSR count). The number of benzene rings is 1. The Hall–Kier alpha value is -2.14. The second kappa shape index (κ2) is 7.42. The first-order valence-corrected chi connectivity index (χ1v) is 8.75. The number of nitrogens with one attached hydrogen (secondary N) is 1. The van der Waals surface area contributed by atoms with Crippen molar-refractivity contribution in [2.75, 3.05) is 6.54 Å². The standard InChI is InChI=1S/C18H20N2O2S/c21-17-9-8-16(19-17)18(22)20(13-15-7-4-12-23-15)11-10-14-5-2-1-3-6-14/h1-7,12,16H,8-11,13H2,(H,19,21)/t16-/m1/s1. The summed E-state index contributed by atoms with van der Waals surface area (Å²) < 4.78 is 0. The highest BCUT2D eigenvalue weighted by Crippen LogP contribution is 2.16. The van der Waals surface area contributed by atoms with Crippen LogP contribution < -0.4 is 5.32 Å². The lowest BCUT2D eigenvalue weighted by molar-refractivity contribution is -0.134. The lowest BCUT2D eigenvalue weighted by Gasteiger charge is -2.25. The third-order valence-corrected chi connectivity index (χ3v) is 4.91. The molecule has 1 aliphatic heterocycles. The summed E-state index contributed by atoms with van der Waals surface area (Å²) in [5.74, 6) is 0.00247.